The molecule has 0 amide bonds. The predicted octanol–water partition coefficient (Wildman–Crippen LogP) is 3.60. The summed E-state index contributed by atoms with van der Waals surface area (Å²) in [4.78, 5) is 2.69. The number of rotatable bonds is 2. The molecular weight excluding hydrogens is 258 g/mol. The van der Waals surface area contributed by atoms with Gasteiger partial charge in [0.25, 0.3) is 0 Å². The SMILES string of the molecule is Cl.c1ccc(C2(N3CCOCC3)CCCCC2)cc1. The molecule has 1 saturated heterocycles. The van der Waals surface area contributed by atoms with Crippen LogP contribution in [0.15, 0.2) is 30.3 Å². The van der Waals surface area contributed by atoms with Crippen LogP contribution in [0.2, 0.25) is 0 Å². The zero-order chi connectivity index (χ0) is 12.3. The molecule has 19 heavy (non-hydrogen) atoms. The summed E-state index contributed by atoms with van der Waals surface area (Å²) >= 11 is 0. The third kappa shape index (κ3) is 2.96. The van der Waals surface area contributed by atoms with Gasteiger partial charge in [0.05, 0.1) is 13.2 Å². The van der Waals surface area contributed by atoms with Gasteiger partial charge in [-0.2, -0.15) is 0 Å². The molecule has 2 fully saturated rings. The molecule has 0 spiro atoms. The number of nitrogens with zero attached hydrogens (tertiary/aromatic N) is 1. The highest BCUT2D eigenvalue weighted by Gasteiger charge is 2.39. The molecule has 2 aliphatic rings. The van der Waals surface area contributed by atoms with E-state index in [0.717, 1.165) is 26.3 Å². The van der Waals surface area contributed by atoms with E-state index in [1.54, 1.807) is 0 Å². The molecule has 1 heterocycles. The molecule has 1 aliphatic carbocycles. The Labute approximate surface area is 122 Å². The Morgan fingerprint density at radius 3 is 2.16 bits per heavy atom. The quantitative estimate of drug-likeness (QED) is 0.821. The van der Waals surface area contributed by atoms with Crippen molar-refractivity contribution in [3.05, 3.63) is 35.9 Å². The summed E-state index contributed by atoms with van der Waals surface area (Å²) in [6, 6.07) is 11.1. The van der Waals surface area contributed by atoms with Crippen LogP contribution in [0.5, 0.6) is 0 Å². The third-order valence-corrected chi connectivity index (χ3v) is 4.61. The van der Waals surface area contributed by atoms with Crippen molar-refractivity contribution in [2.45, 2.75) is 37.6 Å². The highest BCUT2D eigenvalue weighted by Crippen LogP contribution is 2.42. The second kappa shape index (κ2) is 6.74. The molecule has 1 saturated carbocycles. The van der Waals surface area contributed by atoms with Crippen LogP contribution < -0.4 is 0 Å². The number of hydrogen-bond acceptors (Lipinski definition) is 2. The third-order valence-electron chi connectivity index (χ3n) is 4.61. The van der Waals surface area contributed by atoms with Crippen molar-refractivity contribution < 1.29 is 4.74 Å². The van der Waals surface area contributed by atoms with Gasteiger partial charge in [0.15, 0.2) is 0 Å². The lowest BCUT2D eigenvalue weighted by Gasteiger charge is -2.48. The summed E-state index contributed by atoms with van der Waals surface area (Å²) in [6.45, 7) is 3.98. The van der Waals surface area contributed by atoms with E-state index in [9.17, 15) is 0 Å². The Hall–Kier alpha value is -0.570. The monoisotopic (exact) mass is 281 g/mol. The second-order valence-electron chi connectivity index (χ2n) is 5.56. The minimum absolute atomic E-state index is 0. The topological polar surface area (TPSA) is 12.5 Å². The molecule has 0 bridgehead atoms. The average molecular weight is 282 g/mol. The molecule has 0 radical (unpaired) electrons. The van der Waals surface area contributed by atoms with E-state index in [-0.39, 0.29) is 12.4 Å². The molecule has 106 valence electrons. The van der Waals surface area contributed by atoms with Crippen LogP contribution >= 0.6 is 12.4 Å². The number of ether oxygens (including phenoxy) is 1. The van der Waals surface area contributed by atoms with Crippen LogP contribution in [-0.2, 0) is 10.3 Å². The van der Waals surface area contributed by atoms with Crippen molar-refractivity contribution in [2.75, 3.05) is 26.3 Å². The van der Waals surface area contributed by atoms with E-state index >= 15 is 0 Å². The molecule has 0 aromatic heterocycles. The molecule has 3 rings (SSSR count). The van der Waals surface area contributed by atoms with Gasteiger partial charge in [-0.3, -0.25) is 4.90 Å². The normalized spacial score (nSPS) is 23.6. The van der Waals surface area contributed by atoms with E-state index in [1.807, 2.05) is 0 Å². The van der Waals surface area contributed by atoms with E-state index < -0.39 is 0 Å². The van der Waals surface area contributed by atoms with Crippen molar-refractivity contribution >= 4 is 12.4 Å². The van der Waals surface area contributed by atoms with Gasteiger partial charge in [-0.05, 0) is 18.4 Å². The molecule has 1 aromatic carbocycles. The number of morpholine rings is 1. The summed E-state index contributed by atoms with van der Waals surface area (Å²) < 4.78 is 5.53. The first-order valence-corrected chi connectivity index (χ1v) is 7.30. The first-order chi connectivity index (χ1) is 8.92. The Morgan fingerprint density at radius 2 is 1.53 bits per heavy atom. The van der Waals surface area contributed by atoms with Crippen molar-refractivity contribution in [2.24, 2.45) is 0 Å². The maximum Gasteiger partial charge on any atom is 0.0594 e. The zero-order valence-electron chi connectivity index (χ0n) is 11.5. The van der Waals surface area contributed by atoms with Gasteiger partial charge in [-0.15, -0.1) is 12.4 Å². The lowest BCUT2D eigenvalue weighted by Crippen LogP contribution is -2.52. The Bertz CT molecular complexity index is 370. The minimum Gasteiger partial charge on any atom is -0.379 e. The van der Waals surface area contributed by atoms with Gasteiger partial charge < -0.3 is 4.74 Å². The summed E-state index contributed by atoms with van der Waals surface area (Å²) in [5, 5.41) is 0. The van der Waals surface area contributed by atoms with E-state index in [4.69, 9.17) is 4.74 Å². The minimum atomic E-state index is 0. The van der Waals surface area contributed by atoms with Crippen molar-refractivity contribution in [3.8, 4) is 0 Å². The maximum atomic E-state index is 5.53. The summed E-state index contributed by atoms with van der Waals surface area (Å²) in [7, 11) is 0. The van der Waals surface area contributed by atoms with E-state index in [1.165, 1.54) is 37.7 Å². The van der Waals surface area contributed by atoms with Crippen LogP contribution in [-0.4, -0.2) is 31.2 Å². The fourth-order valence-corrected chi connectivity index (χ4v) is 3.66. The largest absolute Gasteiger partial charge is 0.379 e. The highest BCUT2D eigenvalue weighted by molar-refractivity contribution is 5.85. The molecule has 0 unspecified atom stereocenters. The molecular formula is C16H24ClNO. The number of benzene rings is 1. The second-order valence-corrected chi connectivity index (χ2v) is 5.56. The fraction of sp³-hybridized carbons (Fsp3) is 0.625. The van der Waals surface area contributed by atoms with Crippen molar-refractivity contribution in [3.63, 3.8) is 0 Å². The van der Waals surface area contributed by atoms with Gasteiger partial charge in [0.2, 0.25) is 0 Å². The zero-order valence-corrected chi connectivity index (χ0v) is 12.3. The summed E-state index contributed by atoms with van der Waals surface area (Å²) in [5.74, 6) is 0. The Morgan fingerprint density at radius 1 is 0.895 bits per heavy atom. The average Bonchev–Trinajstić information content (AvgIpc) is 2.50. The van der Waals surface area contributed by atoms with Crippen LogP contribution in [0.4, 0.5) is 0 Å². The first-order valence-electron chi connectivity index (χ1n) is 7.30. The maximum absolute atomic E-state index is 5.53. The predicted molar refractivity (Wildman–Crippen MR) is 80.8 cm³/mol. The smallest absolute Gasteiger partial charge is 0.0594 e. The Kier molecular flexibility index (Phi) is 5.26. The van der Waals surface area contributed by atoms with Gasteiger partial charge in [0.1, 0.15) is 0 Å². The van der Waals surface area contributed by atoms with Gasteiger partial charge in [-0.1, -0.05) is 49.6 Å². The van der Waals surface area contributed by atoms with Crippen LogP contribution in [0.3, 0.4) is 0 Å². The van der Waals surface area contributed by atoms with Gasteiger partial charge in [0, 0.05) is 18.6 Å². The lowest BCUT2D eigenvalue weighted by molar-refractivity contribution is -0.0404. The molecule has 1 aliphatic heterocycles. The van der Waals surface area contributed by atoms with Crippen molar-refractivity contribution in [1.29, 1.82) is 0 Å². The van der Waals surface area contributed by atoms with Crippen LogP contribution in [0, 0.1) is 0 Å². The van der Waals surface area contributed by atoms with Crippen LogP contribution in [0.25, 0.3) is 0 Å². The molecule has 2 nitrogen and oxygen atoms in total. The standard InChI is InChI=1S/C16H23NO.ClH/c1-3-7-15(8-4-1)16(9-5-2-6-10-16)17-11-13-18-14-12-17;/h1,3-4,7-8H,2,5-6,9-14H2;1H. The molecule has 1 aromatic rings. The Balaban J connectivity index is 0.00000133. The summed E-state index contributed by atoms with van der Waals surface area (Å²) in [6.07, 6.45) is 6.77. The fourth-order valence-electron chi connectivity index (χ4n) is 3.66. The van der Waals surface area contributed by atoms with E-state index in [0.29, 0.717) is 5.54 Å². The number of halogens is 1. The van der Waals surface area contributed by atoms with Crippen molar-refractivity contribution in [1.82, 2.24) is 4.90 Å². The molecule has 3 heteroatoms. The first kappa shape index (κ1) is 14.8. The van der Waals surface area contributed by atoms with Gasteiger partial charge in [-0.25, -0.2) is 0 Å². The highest BCUT2D eigenvalue weighted by atomic mass is 35.5. The number of hydrogen-bond donors (Lipinski definition) is 0. The van der Waals surface area contributed by atoms with Crippen LogP contribution in [0.1, 0.15) is 37.7 Å². The summed E-state index contributed by atoms with van der Waals surface area (Å²) in [5.41, 5.74) is 1.81. The molecule has 0 atom stereocenters. The van der Waals surface area contributed by atoms with Gasteiger partial charge >= 0.3 is 0 Å². The molecule has 0 N–H and O–H groups in total. The lowest BCUT2D eigenvalue weighted by atomic mass is 9.75. The van der Waals surface area contributed by atoms with E-state index in [2.05, 4.69) is 35.2 Å².